The van der Waals surface area contributed by atoms with E-state index in [1.807, 2.05) is 13.8 Å². The van der Waals surface area contributed by atoms with Crippen LogP contribution in [0.3, 0.4) is 0 Å². The van der Waals surface area contributed by atoms with E-state index >= 15 is 0 Å². The van der Waals surface area contributed by atoms with Gasteiger partial charge in [-0.25, -0.2) is 0 Å². The summed E-state index contributed by atoms with van der Waals surface area (Å²) in [5, 5.41) is 8.59. The third kappa shape index (κ3) is 6.10. The standard InChI is InChI=1S/C11H21NO3/c1-8(2)7-9(5-6-10(13)14)11(15)12(3)4/h8-9H,5-7H2,1-4H3,(H,13,14). The normalized spacial score (nSPS) is 12.6. The molecule has 0 bridgehead atoms. The predicted molar refractivity (Wildman–Crippen MR) is 58.5 cm³/mol. The highest BCUT2D eigenvalue weighted by atomic mass is 16.4. The number of nitrogens with zero attached hydrogens (tertiary/aromatic N) is 1. The lowest BCUT2D eigenvalue weighted by Gasteiger charge is -2.21. The Morgan fingerprint density at radius 3 is 2.13 bits per heavy atom. The van der Waals surface area contributed by atoms with Gasteiger partial charge in [-0.1, -0.05) is 13.8 Å². The molecule has 88 valence electrons. The average Bonchev–Trinajstić information content (AvgIpc) is 2.10. The van der Waals surface area contributed by atoms with Gasteiger partial charge in [-0.15, -0.1) is 0 Å². The molecule has 0 aromatic heterocycles. The second-order valence-electron chi connectivity index (χ2n) is 4.49. The molecule has 0 radical (unpaired) electrons. The number of rotatable bonds is 6. The van der Waals surface area contributed by atoms with Gasteiger partial charge in [0.2, 0.25) is 5.91 Å². The van der Waals surface area contributed by atoms with Gasteiger partial charge in [0.05, 0.1) is 0 Å². The van der Waals surface area contributed by atoms with E-state index in [1.165, 1.54) is 4.90 Å². The molecule has 0 aromatic carbocycles. The van der Waals surface area contributed by atoms with Gasteiger partial charge in [-0.3, -0.25) is 9.59 Å². The van der Waals surface area contributed by atoms with E-state index in [1.54, 1.807) is 14.1 Å². The molecule has 0 aliphatic heterocycles. The molecule has 0 aliphatic rings. The van der Waals surface area contributed by atoms with Gasteiger partial charge < -0.3 is 10.0 Å². The lowest BCUT2D eigenvalue weighted by molar-refractivity contribution is -0.138. The molecule has 1 unspecified atom stereocenters. The maximum atomic E-state index is 11.7. The van der Waals surface area contributed by atoms with E-state index in [9.17, 15) is 9.59 Å². The van der Waals surface area contributed by atoms with Crippen LogP contribution in [-0.4, -0.2) is 36.0 Å². The van der Waals surface area contributed by atoms with Crippen molar-refractivity contribution in [2.45, 2.75) is 33.1 Å². The van der Waals surface area contributed by atoms with E-state index < -0.39 is 5.97 Å². The zero-order valence-electron chi connectivity index (χ0n) is 9.99. The summed E-state index contributed by atoms with van der Waals surface area (Å²) in [6.07, 6.45) is 1.26. The monoisotopic (exact) mass is 215 g/mol. The number of hydrogen-bond acceptors (Lipinski definition) is 2. The fourth-order valence-electron chi connectivity index (χ4n) is 1.57. The van der Waals surface area contributed by atoms with Crippen molar-refractivity contribution in [2.24, 2.45) is 11.8 Å². The van der Waals surface area contributed by atoms with E-state index in [0.29, 0.717) is 12.3 Å². The van der Waals surface area contributed by atoms with Crippen LogP contribution >= 0.6 is 0 Å². The van der Waals surface area contributed by atoms with Crippen LogP contribution in [0.4, 0.5) is 0 Å². The average molecular weight is 215 g/mol. The lowest BCUT2D eigenvalue weighted by atomic mass is 9.92. The van der Waals surface area contributed by atoms with Gasteiger partial charge in [0, 0.05) is 26.4 Å². The minimum absolute atomic E-state index is 0.0324. The van der Waals surface area contributed by atoms with Gasteiger partial charge in [0.25, 0.3) is 0 Å². The highest BCUT2D eigenvalue weighted by Gasteiger charge is 2.21. The van der Waals surface area contributed by atoms with Crippen LogP contribution in [0.25, 0.3) is 0 Å². The Kier molecular flexibility index (Phi) is 5.97. The van der Waals surface area contributed by atoms with Gasteiger partial charge in [-0.2, -0.15) is 0 Å². The molecule has 0 rings (SSSR count). The summed E-state index contributed by atoms with van der Waals surface area (Å²) in [7, 11) is 3.41. The van der Waals surface area contributed by atoms with Crippen LogP contribution in [-0.2, 0) is 9.59 Å². The Hall–Kier alpha value is -1.06. The zero-order valence-corrected chi connectivity index (χ0v) is 9.99. The molecular weight excluding hydrogens is 194 g/mol. The van der Waals surface area contributed by atoms with Crippen molar-refractivity contribution in [3.05, 3.63) is 0 Å². The van der Waals surface area contributed by atoms with E-state index in [-0.39, 0.29) is 18.2 Å². The lowest BCUT2D eigenvalue weighted by Crippen LogP contribution is -2.30. The van der Waals surface area contributed by atoms with Crippen LogP contribution in [0.15, 0.2) is 0 Å². The third-order valence-corrected chi connectivity index (χ3v) is 2.25. The minimum Gasteiger partial charge on any atom is -0.481 e. The summed E-state index contributed by atoms with van der Waals surface area (Å²) in [5.41, 5.74) is 0. The quantitative estimate of drug-likeness (QED) is 0.732. The third-order valence-electron chi connectivity index (χ3n) is 2.25. The molecule has 1 N–H and O–H groups in total. The minimum atomic E-state index is -0.838. The van der Waals surface area contributed by atoms with E-state index in [0.717, 1.165) is 6.42 Å². The fraction of sp³-hybridized carbons (Fsp3) is 0.818. The molecule has 0 fully saturated rings. The number of carboxylic acid groups (broad SMARTS) is 1. The van der Waals surface area contributed by atoms with E-state index in [2.05, 4.69) is 0 Å². The largest absolute Gasteiger partial charge is 0.481 e. The topological polar surface area (TPSA) is 57.6 Å². The Morgan fingerprint density at radius 1 is 1.27 bits per heavy atom. The summed E-state index contributed by atoms with van der Waals surface area (Å²) >= 11 is 0. The molecule has 15 heavy (non-hydrogen) atoms. The zero-order chi connectivity index (χ0) is 12.0. The van der Waals surface area contributed by atoms with Crippen molar-refractivity contribution >= 4 is 11.9 Å². The molecule has 1 amide bonds. The summed E-state index contributed by atoms with van der Waals surface area (Å²) < 4.78 is 0. The molecule has 4 heteroatoms. The second-order valence-corrected chi connectivity index (χ2v) is 4.49. The molecule has 0 heterocycles. The molecule has 0 saturated heterocycles. The Labute approximate surface area is 91.3 Å². The first kappa shape index (κ1) is 13.9. The van der Waals surface area contributed by atoms with Crippen LogP contribution in [0.1, 0.15) is 33.1 Å². The first-order chi connectivity index (χ1) is 6.84. The number of aliphatic carboxylic acids is 1. The number of carboxylic acids is 1. The van der Waals surface area contributed by atoms with Gasteiger partial charge in [-0.05, 0) is 18.8 Å². The fourth-order valence-corrected chi connectivity index (χ4v) is 1.57. The smallest absolute Gasteiger partial charge is 0.303 e. The molecular formula is C11H21NO3. The van der Waals surface area contributed by atoms with Gasteiger partial charge >= 0.3 is 5.97 Å². The summed E-state index contributed by atoms with van der Waals surface area (Å²) in [5.74, 6) is -0.552. The Morgan fingerprint density at radius 2 is 1.80 bits per heavy atom. The molecule has 0 spiro atoms. The summed E-state index contributed by atoms with van der Waals surface area (Å²) in [4.78, 5) is 23.7. The first-order valence-corrected chi connectivity index (χ1v) is 5.27. The van der Waals surface area contributed by atoms with E-state index in [4.69, 9.17) is 5.11 Å². The Balaban J connectivity index is 4.30. The summed E-state index contributed by atoms with van der Waals surface area (Å²) in [6.45, 7) is 4.08. The maximum Gasteiger partial charge on any atom is 0.303 e. The number of carbonyl (C=O) groups excluding carboxylic acids is 1. The van der Waals surface area contributed by atoms with Crippen LogP contribution < -0.4 is 0 Å². The van der Waals surface area contributed by atoms with Crippen LogP contribution in [0.5, 0.6) is 0 Å². The second kappa shape index (κ2) is 6.43. The van der Waals surface area contributed by atoms with Crippen LogP contribution in [0.2, 0.25) is 0 Å². The number of hydrogen-bond donors (Lipinski definition) is 1. The van der Waals surface area contributed by atoms with Crippen molar-refractivity contribution in [1.82, 2.24) is 4.90 Å². The van der Waals surface area contributed by atoms with Crippen molar-refractivity contribution in [3.8, 4) is 0 Å². The first-order valence-electron chi connectivity index (χ1n) is 5.27. The summed E-state index contributed by atoms with van der Waals surface area (Å²) in [6, 6.07) is 0. The van der Waals surface area contributed by atoms with Gasteiger partial charge in [0.15, 0.2) is 0 Å². The van der Waals surface area contributed by atoms with Crippen molar-refractivity contribution in [1.29, 1.82) is 0 Å². The molecule has 0 aliphatic carbocycles. The van der Waals surface area contributed by atoms with Crippen molar-refractivity contribution in [2.75, 3.05) is 14.1 Å². The maximum absolute atomic E-state index is 11.7. The van der Waals surface area contributed by atoms with Crippen LogP contribution in [0, 0.1) is 11.8 Å². The Bertz CT molecular complexity index is 224. The molecule has 0 saturated carbocycles. The van der Waals surface area contributed by atoms with Crippen molar-refractivity contribution in [3.63, 3.8) is 0 Å². The highest BCUT2D eigenvalue weighted by Crippen LogP contribution is 2.19. The number of amides is 1. The SMILES string of the molecule is CC(C)CC(CCC(=O)O)C(=O)N(C)C. The predicted octanol–water partition coefficient (Wildman–Crippen LogP) is 1.60. The van der Waals surface area contributed by atoms with Gasteiger partial charge in [0.1, 0.15) is 0 Å². The van der Waals surface area contributed by atoms with Crippen molar-refractivity contribution < 1.29 is 14.7 Å². The molecule has 0 aromatic rings. The molecule has 4 nitrogen and oxygen atoms in total. The number of carbonyl (C=O) groups is 2. The molecule has 1 atom stereocenters. The highest BCUT2D eigenvalue weighted by molar-refractivity contribution is 5.79.